The maximum atomic E-state index is 6.69. The summed E-state index contributed by atoms with van der Waals surface area (Å²) in [6.45, 7) is 0. The molecule has 8 aromatic rings. The number of amidine groups is 2. The molecule has 1 aliphatic heterocycles. The fourth-order valence-electron chi connectivity index (χ4n) is 6.64. The van der Waals surface area contributed by atoms with Gasteiger partial charge in [-0.25, -0.2) is 9.98 Å². The minimum atomic E-state index is -0.330. The van der Waals surface area contributed by atoms with Gasteiger partial charge in [0.2, 0.25) is 0 Å². The van der Waals surface area contributed by atoms with Crippen molar-refractivity contribution in [1.29, 1.82) is 0 Å². The van der Waals surface area contributed by atoms with Crippen LogP contribution in [0.4, 0.5) is 0 Å². The molecule has 4 nitrogen and oxygen atoms in total. The van der Waals surface area contributed by atoms with E-state index in [0.717, 1.165) is 55.6 Å². The van der Waals surface area contributed by atoms with Gasteiger partial charge in [0.1, 0.15) is 23.2 Å². The second kappa shape index (κ2) is 11.3. The topological polar surface area (TPSA) is 49.9 Å². The molecule has 222 valence electrons. The first-order valence-electron chi connectivity index (χ1n) is 15.9. The van der Waals surface area contributed by atoms with E-state index in [1.807, 2.05) is 48.5 Å². The van der Waals surface area contributed by atoms with Crippen molar-refractivity contribution in [2.45, 2.75) is 6.17 Å². The number of nitrogens with zero attached hydrogens (tertiary/aromatic N) is 2. The van der Waals surface area contributed by atoms with Gasteiger partial charge in [0.25, 0.3) is 0 Å². The summed E-state index contributed by atoms with van der Waals surface area (Å²) >= 11 is 0. The number of fused-ring (bicyclic) bond motifs is 5. The average Bonchev–Trinajstić information content (AvgIpc) is 3.53. The molecule has 1 aliphatic rings. The largest absolute Gasteiger partial charge is 0.456 e. The van der Waals surface area contributed by atoms with Crippen molar-refractivity contribution in [3.05, 3.63) is 180 Å². The fraction of sp³-hybridized carbons (Fsp3) is 0.0233. The summed E-state index contributed by atoms with van der Waals surface area (Å²) in [5, 5.41) is 8.18. The lowest BCUT2D eigenvalue weighted by molar-refractivity contribution is 0.655. The molecule has 0 spiro atoms. The Labute approximate surface area is 272 Å². The van der Waals surface area contributed by atoms with E-state index in [1.54, 1.807) is 0 Å². The first-order chi connectivity index (χ1) is 23.3. The number of benzene rings is 7. The summed E-state index contributed by atoms with van der Waals surface area (Å²) in [5.41, 5.74) is 9.41. The van der Waals surface area contributed by atoms with Crippen molar-refractivity contribution < 1.29 is 4.42 Å². The van der Waals surface area contributed by atoms with Crippen molar-refractivity contribution in [3.8, 4) is 22.3 Å². The summed E-state index contributed by atoms with van der Waals surface area (Å²) in [5.74, 6) is 1.49. The smallest absolute Gasteiger partial charge is 0.159 e. The maximum Gasteiger partial charge on any atom is 0.159 e. The van der Waals surface area contributed by atoms with E-state index < -0.39 is 0 Å². The number of hydrogen-bond acceptors (Lipinski definition) is 4. The molecule has 0 saturated carbocycles. The first kappa shape index (κ1) is 27.1. The molecule has 0 amide bonds. The molecule has 1 atom stereocenters. The third-order valence-electron chi connectivity index (χ3n) is 8.92. The van der Waals surface area contributed by atoms with E-state index in [9.17, 15) is 0 Å². The molecule has 0 saturated heterocycles. The summed E-state index contributed by atoms with van der Waals surface area (Å²) in [4.78, 5) is 10.00. The zero-order valence-electron chi connectivity index (χ0n) is 25.5. The molecule has 7 aromatic carbocycles. The van der Waals surface area contributed by atoms with Crippen molar-refractivity contribution in [3.63, 3.8) is 0 Å². The maximum absolute atomic E-state index is 6.69. The van der Waals surface area contributed by atoms with Crippen LogP contribution in [0.1, 0.15) is 22.9 Å². The van der Waals surface area contributed by atoms with E-state index in [1.165, 1.54) is 21.9 Å². The molecule has 0 bridgehead atoms. The van der Waals surface area contributed by atoms with Gasteiger partial charge in [0.15, 0.2) is 5.84 Å². The highest BCUT2D eigenvalue weighted by Crippen LogP contribution is 2.41. The van der Waals surface area contributed by atoms with E-state index in [2.05, 4.69) is 121 Å². The van der Waals surface area contributed by atoms with Crippen molar-refractivity contribution >= 4 is 44.4 Å². The van der Waals surface area contributed by atoms with Crippen LogP contribution in [0.3, 0.4) is 0 Å². The van der Waals surface area contributed by atoms with Crippen molar-refractivity contribution in [2.24, 2.45) is 9.98 Å². The Balaban J connectivity index is 1.17. The lowest BCUT2D eigenvalue weighted by Crippen LogP contribution is -2.33. The van der Waals surface area contributed by atoms with E-state index in [-0.39, 0.29) is 6.17 Å². The number of rotatable bonds is 5. The van der Waals surface area contributed by atoms with Gasteiger partial charge in [-0.3, -0.25) is 0 Å². The number of furan rings is 1. The van der Waals surface area contributed by atoms with E-state index >= 15 is 0 Å². The van der Waals surface area contributed by atoms with Gasteiger partial charge >= 0.3 is 0 Å². The second-order valence-electron chi connectivity index (χ2n) is 11.8. The summed E-state index contributed by atoms with van der Waals surface area (Å²) in [6.07, 6.45) is -0.330. The van der Waals surface area contributed by atoms with Crippen molar-refractivity contribution in [2.75, 3.05) is 0 Å². The fourth-order valence-corrected chi connectivity index (χ4v) is 6.64. The Morgan fingerprint density at radius 2 is 1.11 bits per heavy atom. The third-order valence-corrected chi connectivity index (χ3v) is 8.92. The van der Waals surface area contributed by atoms with Gasteiger partial charge in [-0.05, 0) is 51.2 Å². The number of aliphatic imine (C=N–C) groups is 2. The predicted octanol–water partition coefficient (Wildman–Crippen LogP) is 10.6. The quantitative estimate of drug-likeness (QED) is 0.213. The first-order valence-corrected chi connectivity index (χ1v) is 15.9. The molecule has 1 N–H and O–H groups in total. The summed E-state index contributed by atoms with van der Waals surface area (Å²) in [6, 6.07) is 56.9. The predicted molar refractivity (Wildman–Crippen MR) is 194 cm³/mol. The molecular weight excluding hydrogens is 574 g/mol. The minimum absolute atomic E-state index is 0.330. The normalized spacial score (nSPS) is 14.6. The summed E-state index contributed by atoms with van der Waals surface area (Å²) in [7, 11) is 0. The second-order valence-corrected chi connectivity index (χ2v) is 11.8. The molecule has 0 radical (unpaired) electrons. The highest BCUT2D eigenvalue weighted by molar-refractivity contribution is 6.22. The molecule has 9 rings (SSSR count). The van der Waals surface area contributed by atoms with Gasteiger partial charge in [0.05, 0.1) is 0 Å². The van der Waals surface area contributed by atoms with Crippen LogP contribution < -0.4 is 5.32 Å². The van der Waals surface area contributed by atoms with Gasteiger partial charge in [-0.15, -0.1) is 0 Å². The minimum Gasteiger partial charge on any atom is -0.456 e. The van der Waals surface area contributed by atoms with E-state index in [0.29, 0.717) is 5.84 Å². The van der Waals surface area contributed by atoms with Crippen LogP contribution in [-0.4, -0.2) is 11.7 Å². The molecule has 1 unspecified atom stereocenters. The Bertz CT molecular complexity index is 2480. The SMILES string of the molecule is c1ccc(C2=NC(c3ccc4c(c3)oc3cc(-c5cccc(-c6ccccc6)c5)c5ccccc5c34)NC(c3ccccc3)=N2)cc1. The highest BCUT2D eigenvalue weighted by Gasteiger charge is 2.23. The average molecular weight is 604 g/mol. The van der Waals surface area contributed by atoms with Gasteiger partial charge in [-0.2, -0.15) is 0 Å². The standard InChI is InChI=1S/C43H29N3O/c1-4-13-28(14-5-1)31-19-12-20-32(25-31)37-27-39-40(35-22-11-10-21-34(35)37)36-24-23-33(26-38(36)47-39)43-45-41(29-15-6-2-7-16-29)44-42(46-43)30-17-8-3-9-18-30/h1-27,43H,(H,44,45,46). The Hall–Kier alpha value is -6.26. The molecule has 0 fully saturated rings. The Morgan fingerprint density at radius 3 is 1.87 bits per heavy atom. The molecule has 0 aliphatic carbocycles. The van der Waals surface area contributed by atoms with E-state index in [4.69, 9.17) is 14.4 Å². The van der Waals surface area contributed by atoms with Crippen molar-refractivity contribution in [1.82, 2.24) is 5.32 Å². The van der Waals surface area contributed by atoms with Crippen LogP contribution in [-0.2, 0) is 0 Å². The highest BCUT2D eigenvalue weighted by atomic mass is 16.3. The molecule has 2 heterocycles. The lowest BCUT2D eigenvalue weighted by Gasteiger charge is -2.23. The van der Waals surface area contributed by atoms with Gasteiger partial charge in [-0.1, -0.05) is 146 Å². The Morgan fingerprint density at radius 1 is 0.468 bits per heavy atom. The van der Waals surface area contributed by atoms with Crippen LogP contribution in [0.5, 0.6) is 0 Å². The van der Waals surface area contributed by atoms with Crippen LogP contribution in [0, 0.1) is 0 Å². The summed E-state index contributed by atoms with van der Waals surface area (Å²) < 4.78 is 6.69. The van der Waals surface area contributed by atoms with Gasteiger partial charge < -0.3 is 9.73 Å². The molecule has 1 aromatic heterocycles. The van der Waals surface area contributed by atoms with Crippen LogP contribution in [0.2, 0.25) is 0 Å². The van der Waals surface area contributed by atoms with Crippen LogP contribution in [0.25, 0.3) is 55.0 Å². The van der Waals surface area contributed by atoms with Crippen LogP contribution in [0.15, 0.2) is 178 Å². The Kier molecular flexibility index (Phi) is 6.50. The third kappa shape index (κ3) is 4.88. The van der Waals surface area contributed by atoms with Gasteiger partial charge in [0, 0.05) is 27.5 Å². The monoisotopic (exact) mass is 603 g/mol. The zero-order valence-corrected chi connectivity index (χ0v) is 25.5. The zero-order chi connectivity index (χ0) is 31.2. The molecule has 4 heteroatoms. The number of nitrogens with one attached hydrogen (secondary N) is 1. The number of hydrogen-bond donors (Lipinski definition) is 1. The molecule has 47 heavy (non-hydrogen) atoms. The van der Waals surface area contributed by atoms with Crippen LogP contribution >= 0.6 is 0 Å². The lowest BCUT2D eigenvalue weighted by atomic mass is 9.93. The molecular formula is C43H29N3O.